The SMILES string of the molecule is CC(C)CN(N)c1nc(C#N)ncc1F. The van der Waals surface area contributed by atoms with Gasteiger partial charge in [-0.3, -0.25) is 5.01 Å². The molecule has 0 atom stereocenters. The van der Waals surface area contributed by atoms with Gasteiger partial charge >= 0.3 is 0 Å². The summed E-state index contributed by atoms with van der Waals surface area (Å²) in [5.74, 6) is 5.12. The summed E-state index contributed by atoms with van der Waals surface area (Å²) in [6, 6.07) is 1.73. The lowest BCUT2D eigenvalue weighted by Gasteiger charge is -2.19. The summed E-state index contributed by atoms with van der Waals surface area (Å²) in [4.78, 5) is 7.19. The fraction of sp³-hybridized carbons (Fsp3) is 0.444. The number of rotatable bonds is 3. The standard InChI is InChI=1S/C9H12FN5/c1-6(2)5-15(12)9-7(10)4-13-8(3-11)14-9/h4,6H,5,12H2,1-2H3. The summed E-state index contributed by atoms with van der Waals surface area (Å²) in [6.45, 7) is 4.35. The second-order valence-electron chi connectivity index (χ2n) is 3.52. The Labute approximate surface area is 87.3 Å². The molecule has 1 heterocycles. The molecule has 0 spiro atoms. The van der Waals surface area contributed by atoms with Gasteiger partial charge in [-0.25, -0.2) is 15.2 Å². The number of hydrogen-bond donors (Lipinski definition) is 1. The van der Waals surface area contributed by atoms with E-state index in [9.17, 15) is 4.39 Å². The molecule has 0 radical (unpaired) electrons. The third kappa shape index (κ3) is 2.86. The first kappa shape index (κ1) is 11.3. The van der Waals surface area contributed by atoms with E-state index in [2.05, 4.69) is 9.97 Å². The maximum atomic E-state index is 13.3. The molecule has 0 fully saturated rings. The molecule has 0 aliphatic heterocycles. The fourth-order valence-electron chi connectivity index (χ4n) is 1.09. The lowest BCUT2D eigenvalue weighted by molar-refractivity contribution is 0.574. The van der Waals surface area contributed by atoms with Crippen molar-refractivity contribution in [1.82, 2.24) is 9.97 Å². The maximum Gasteiger partial charge on any atom is 0.234 e. The average Bonchev–Trinajstić information content (AvgIpc) is 2.17. The Morgan fingerprint density at radius 2 is 2.33 bits per heavy atom. The highest BCUT2D eigenvalue weighted by Crippen LogP contribution is 2.13. The molecule has 0 unspecified atom stereocenters. The zero-order chi connectivity index (χ0) is 11.4. The van der Waals surface area contributed by atoms with Gasteiger partial charge < -0.3 is 0 Å². The molecule has 0 bridgehead atoms. The van der Waals surface area contributed by atoms with Crippen molar-refractivity contribution in [2.24, 2.45) is 11.8 Å². The summed E-state index contributed by atoms with van der Waals surface area (Å²) in [5, 5.41) is 9.74. The van der Waals surface area contributed by atoms with E-state index in [1.54, 1.807) is 6.07 Å². The third-order valence-corrected chi connectivity index (χ3v) is 1.66. The van der Waals surface area contributed by atoms with Crippen LogP contribution >= 0.6 is 0 Å². The Balaban J connectivity index is 2.97. The van der Waals surface area contributed by atoms with Crippen molar-refractivity contribution in [2.75, 3.05) is 11.6 Å². The van der Waals surface area contributed by atoms with E-state index < -0.39 is 5.82 Å². The van der Waals surface area contributed by atoms with Gasteiger partial charge in [-0.15, -0.1) is 0 Å². The Morgan fingerprint density at radius 3 is 2.87 bits per heavy atom. The molecule has 0 saturated heterocycles. The monoisotopic (exact) mass is 209 g/mol. The summed E-state index contributed by atoms with van der Waals surface area (Å²) >= 11 is 0. The predicted molar refractivity (Wildman–Crippen MR) is 53.1 cm³/mol. The lowest BCUT2D eigenvalue weighted by Crippen LogP contribution is -2.36. The summed E-state index contributed by atoms with van der Waals surface area (Å²) in [5.41, 5.74) is 0. The van der Waals surface area contributed by atoms with Gasteiger partial charge in [0.25, 0.3) is 0 Å². The van der Waals surface area contributed by atoms with Crippen LogP contribution in [-0.4, -0.2) is 16.5 Å². The second kappa shape index (κ2) is 4.66. The molecule has 1 aromatic heterocycles. The predicted octanol–water partition coefficient (Wildman–Crippen LogP) is 0.823. The zero-order valence-electron chi connectivity index (χ0n) is 8.61. The number of hydrazine groups is 1. The Bertz CT molecular complexity index is 385. The molecule has 15 heavy (non-hydrogen) atoms. The van der Waals surface area contributed by atoms with Gasteiger partial charge in [0.2, 0.25) is 5.82 Å². The maximum absolute atomic E-state index is 13.3. The quantitative estimate of drug-likeness (QED) is 0.589. The smallest absolute Gasteiger partial charge is 0.234 e. The Morgan fingerprint density at radius 1 is 1.67 bits per heavy atom. The average molecular weight is 209 g/mol. The van der Waals surface area contributed by atoms with Crippen LogP contribution in [0.1, 0.15) is 19.7 Å². The van der Waals surface area contributed by atoms with Crippen molar-refractivity contribution in [3.63, 3.8) is 0 Å². The highest BCUT2D eigenvalue weighted by molar-refractivity contribution is 5.38. The zero-order valence-corrected chi connectivity index (χ0v) is 8.61. The molecule has 1 aromatic rings. The van der Waals surface area contributed by atoms with E-state index >= 15 is 0 Å². The molecule has 0 aliphatic carbocycles. The van der Waals surface area contributed by atoms with Gasteiger partial charge in [0.05, 0.1) is 6.20 Å². The van der Waals surface area contributed by atoms with Crippen LogP contribution in [-0.2, 0) is 0 Å². The van der Waals surface area contributed by atoms with Gasteiger partial charge in [0, 0.05) is 6.54 Å². The van der Waals surface area contributed by atoms with Crippen LogP contribution in [0.25, 0.3) is 0 Å². The number of nitrogens with two attached hydrogens (primary N) is 1. The minimum Gasteiger partial charge on any atom is -0.292 e. The highest BCUT2D eigenvalue weighted by Gasteiger charge is 2.12. The van der Waals surface area contributed by atoms with Crippen molar-refractivity contribution < 1.29 is 4.39 Å². The van der Waals surface area contributed by atoms with Crippen LogP contribution in [0, 0.1) is 23.1 Å². The summed E-state index contributed by atoms with van der Waals surface area (Å²) < 4.78 is 13.3. The Hall–Kier alpha value is -1.74. The minimum absolute atomic E-state index is 0.0461. The van der Waals surface area contributed by atoms with Crippen molar-refractivity contribution in [3.05, 3.63) is 17.8 Å². The normalized spacial score (nSPS) is 10.1. The van der Waals surface area contributed by atoms with E-state index in [0.717, 1.165) is 6.20 Å². The van der Waals surface area contributed by atoms with Crippen LogP contribution in [0.5, 0.6) is 0 Å². The minimum atomic E-state index is -0.628. The second-order valence-corrected chi connectivity index (χ2v) is 3.52. The molecule has 2 N–H and O–H groups in total. The molecule has 1 rings (SSSR count). The first-order valence-corrected chi connectivity index (χ1v) is 4.49. The first-order valence-electron chi connectivity index (χ1n) is 4.49. The van der Waals surface area contributed by atoms with Crippen LogP contribution < -0.4 is 10.9 Å². The summed E-state index contributed by atoms with van der Waals surface area (Å²) in [7, 11) is 0. The van der Waals surface area contributed by atoms with Gasteiger partial charge in [-0.05, 0) is 5.92 Å². The van der Waals surface area contributed by atoms with Crippen molar-refractivity contribution in [1.29, 1.82) is 5.26 Å². The fourth-order valence-corrected chi connectivity index (χ4v) is 1.09. The van der Waals surface area contributed by atoms with Crippen molar-refractivity contribution >= 4 is 5.82 Å². The van der Waals surface area contributed by atoms with E-state index in [0.29, 0.717) is 6.54 Å². The molecule has 0 amide bonds. The van der Waals surface area contributed by atoms with Crippen LogP contribution in [0.2, 0.25) is 0 Å². The number of nitriles is 1. The number of aromatic nitrogens is 2. The van der Waals surface area contributed by atoms with E-state index in [-0.39, 0.29) is 17.6 Å². The van der Waals surface area contributed by atoms with Crippen molar-refractivity contribution in [2.45, 2.75) is 13.8 Å². The van der Waals surface area contributed by atoms with Crippen LogP contribution in [0.15, 0.2) is 6.20 Å². The molecule has 0 aromatic carbocycles. The van der Waals surface area contributed by atoms with Gasteiger partial charge in [0.15, 0.2) is 11.6 Å². The third-order valence-electron chi connectivity index (χ3n) is 1.66. The number of hydrogen-bond acceptors (Lipinski definition) is 5. The number of halogens is 1. The molecule has 0 saturated carbocycles. The van der Waals surface area contributed by atoms with E-state index in [1.165, 1.54) is 5.01 Å². The molecule has 5 nitrogen and oxygen atoms in total. The van der Waals surface area contributed by atoms with Gasteiger partial charge in [-0.1, -0.05) is 13.8 Å². The number of anilines is 1. The Kier molecular flexibility index (Phi) is 3.52. The molecule has 0 aliphatic rings. The molecule has 80 valence electrons. The molecular formula is C9H12FN5. The van der Waals surface area contributed by atoms with Gasteiger partial charge in [0.1, 0.15) is 6.07 Å². The van der Waals surface area contributed by atoms with Crippen LogP contribution in [0.4, 0.5) is 10.2 Å². The van der Waals surface area contributed by atoms with Crippen molar-refractivity contribution in [3.8, 4) is 6.07 Å². The van der Waals surface area contributed by atoms with E-state index in [1.807, 2.05) is 13.8 Å². The molecule has 6 heteroatoms. The van der Waals surface area contributed by atoms with E-state index in [4.69, 9.17) is 11.1 Å². The molecular weight excluding hydrogens is 197 g/mol. The topological polar surface area (TPSA) is 78.8 Å². The number of nitrogens with zero attached hydrogens (tertiary/aromatic N) is 4. The highest BCUT2D eigenvalue weighted by atomic mass is 19.1. The lowest BCUT2D eigenvalue weighted by atomic mass is 10.2. The van der Waals surface area contributed by atoms with Gasteiger partial charge in [-0.2, -0.15) is 10.2 Å². The first-order chi connectivity index (χ1) is 7.04. The van der Waals surface area contributed by atoms with Crippen LogP contribution in [0.3, 0.4) is 0 Å². The summed E-state index contributed by atoms with van der Waals surface area (Å²) in [6.07, 6.45) is 0.946. The largest absolute Gasteiger partial charge is 0.292 e.